The van der Waals surface area contributed by atoms with E-state index >= 15 is 0 Å². The predicted octanol–water partition coefficient (Wildman–Crippen LogP) is 6.66. The van der Waals surface area contributed by atoms with Gasteiger partial charge in [-0.2, -0.15) is 0 Å². The standard InChI is InChI=1S/C29H23ClN4O3S3/c1-18-6-12-21(13-7-18)31-25(35)17-39-28-32-22-4-2-3-5-23(22)34(28)26(36)14-15-33-27(37)24(40-29(33)38)16-19-8-10-20(30)11-9-19/h2-13,16H,14-15,17H2,1H3,(H,31,35). The zero-order valence-electron chi connectivity index (χ0n) is 21.3. The molecular formula is C29H23ClN4O3S3. The second-order valence-electron chi connectivity index (χ2n) is 8.95. The van der Waals surface area contributed by atoms with Crippen molar-refractivity contribution in [2.75, 3.05) is 17.6 Å². The minimum Gasteiger partial charge on any atom is -0.325 e. The van der Waals surface area contributed by atoms with Crippen LogP contribution in [-0.2, 0) is 9.59 Å². The number of thioether (sulfide) groups is 2. The first-order valence-electron chi connectivity index (χ1n) is 12.3. The number of aryl methyl sites for hydroxylation is 1. The number of carbonyl (C=O) groups excluding carboxylic acids is 3. The lowest BCUT2D eigenvalue weighted by atomic mass is 10.2. The summed E-state index contributed by atoms with van der Waals surface area (Å²) in [6.07, 6.45) is 1.79. The minimum absolute atomic E-state index is 0.0319. The number of carbonyl (C=O) groups is 3. The first-order chi connectivity index (χ1) is 19.3. The Hall–Kier alpha value is -3.44. The molecule has 1 N–H and O–H groups in total. The fourth-order valence-electron chi connectivity index (χ4n) is 4.03. The average Bonchev–Trinajstić information content (AvgIpc) is 3.44. The zero-order chi connectivity index (χ0) is 28.2. The van der Waals surface area contributed by atoms with Crippen LogP contribution in [0.2, 0.25) is 5.02 Å². The van der Waals surface area contributed by atoms with Gasteiger partial charge >= 0.3 is 0 Å². The predicted molar refractivity (Wildman–Crippen MR) is 167 cm³/mol. The summed E-state index contributed by atoms with van der Waals surface area (Å²) in [7, 11) is 0. The van der Waals surface area contributed by atoms with Crippen LogP contribution >= 0.6 is 47.3 Å². The lowest BCUT2D eigenvalue weighted by Gasteiger charge is -2.15. The van der Waals surface area contributed by atoms with E-state index in [1.165, 1.54) is 33.0 Å². The van der Waals surface area contributed by atoms with Crippen molar-refractivity contribution in [2.45, 2.75) is 18.5 Å². The second kappa shape index (κ2) is 12.4. The molecule has 11 heteroatoms. The Morgan fingerprint density at radius 1 is 1.07 bits per heavy atom. The molecule has 1 aromatic heterocycles. The number of fused-ring (bicyclic) bond motifs is 1. The van der Waals surface area contributed by atoms with Gasteiger partial charge in [-0.1, -0.05) is 89.3 Å². The fourth-order valence-corrected chi connectivity index (χ4v) is 6.29. The minimum atomic E-state index is -0.245. The number of anilines is 1. The van der Waals surface area contributed by atoms with Gasteiger partial charge in [0.2, 0.25) is 11.8 Å². The van der Waals surface area contributed by atoms with Crippen molar-refractivity contribution in [3.63, 3.8) is 0 Å². The van der Waals surface area contributed by atoms with Gasteiger partial charge in [-0.05, 0) is 55.0 Å². The molecule has 7 nitrogen and oxygen atoms in total. The molecule has 0 atom stereocenters. The molecule has 0 unspecified atom stereocenters. The van der Waals surface area contributed by atoms with Crippen LogP contribution in [0.4, 0.5) is 5.69 Å². The number of nitrogens with zero attached hydrogens (tertiary/aromatic N) is 3. The molecular weight excluding hydrogens is 584 g/mol. The largest absolute Gasteiger partial charge is 0.325 e. The number of hydrogen-bond acceptors (Lipinski definition) is 7. The van der Waals surface area contributed by atoms with Gasteiger partial charge in [0, 0.05) is 23.7 Å². The van der Waals surface area contributed by atoms with Crippen LogP contribution in [0.15, 0.2) is 82.9 Å². The Balaban J connectivity index is 1.27. The van der Waals surface area contributed by atoms with Crippen LogP contribution in [0.1, 0.15) is 22.3 Å². The number of benzene rings is 3. The number of hydrogen-bond donors (Lipinski definition) is 1. The molecule has 2 heterocycles. The normalized spacial score (nSPS) is 14.3. The van der Waals surface area contributed by atoms with Crippen molar-refractivity contribution in [1.82, 2.24) is 14.5 Å². The van der Waals surface area contributed by atoms with Gasteiger partial charge in [0.05, 0.1) is 21.7 Å². The van der Waals surface area contributed by atoms with Gasteiger partial charge < -0.3 is 5.32 Å². The van der Waals surface area contributed by atoms with Crippen molar-refractivity contribution in [3.05, 3.63) is 93.9 Å². The van der Waals surface area contributed by atoms with Gasteiger partial charge in [0.15, 0.2) is 5.16 Å². The number of thiocarbonyl (C=S) groups is 1. The first kappa shape index (κ1) is 28.1. The molecule has 4 aromatic rings. The fraction of sp³-hybridized carbons (Fsp3) is 0.138. The quantitative estimate of drug-likeness (QED) is 0.136. The summed E-state index contributed by atoms with van der Waals surface area (Å²) in [6.45, 7) is 2.11. The molecule has 0 bridgehead atoms. The SMILES string of the molecule is Cc1ccc(NC(=O)CSc2nc3ccccc3n2C(=O)CCN2C(=O)C(=Cc3ccc(Cl)cc3)SC2=S)cc1. The number of imidazole rings is 1. The molecule has 5 rings (SSSR count). The van der Waals surface area contributed by atoms with Crippen molar-refractivity contribution in [2.24, 2.45) is 0 Å². The molecule has 1 aliphatic heterocycles. The van der Waals surface area contributed by atoms with Gasteiger partial charge in [0.25, 0.3) is 5.91 Å². The summed E-state index contributed by atoms with van der Waals surface area (Å²) in [5, 5.41) is 3.89. The third-order valence-corrected chi connectivity index (χ3v) is 8.61. The van der Waals surface area contributed by atoms with Crippen LogP contribution < -0.4 is 5.32 Å². The maximum absolute atomic E-state index is 13.5. The van der Waals surface area contributed by atoms with Crippen LogP contribution in [0, 0.1) is 6.92 Å². The Morgan fingerprint density at radius 3 is 2.55 bits per heavy atom. The highest BCUT2D eigenvalue weighted by atomic mass is 35.5. The smallest absolute Gasteiger partial charge is 0.266 e. The third kappa shape index (κ3) is 6.47. The molecule has 1 fully saturated rings. The molecule has 202 valence electrons. The third-order valence-electron chi connectivity index (χ3n) is 6.04. The van der Waals surface area contributed by atoms with Crippen molar-refractivity contribution in [1.29, 1.82) is 0 Å². The highest BCUT2D eigenvalue weighted by molar-refractivity contribution is 8.26. The van der Waals surface area contributed by atoms with Gasteiger partial charge in [-0.15, -0.1) is 0 Å². The lowest BCUT2D eigenvalue weighted by molar-refractivity contribution is -0.122. The molecule has 1 aliphatic rings. The number of aromatic nitrogens is 2. The lowest BCUT2D eigenvalue weighted by Crippen LogP contribution is -2.31. The molecule has 0 radical (unpaired) electrons. The molecule has 0 saturated carbocycles. The summed E-state index contributed by atoms with van der Waals surface area (Å²) in [5.74, 6) is -0.610. The number of halogens is 1. The molecule has 40 heavy (non-hydrogen) atoms. The van der Waals surface area contributed by atoms with Crippen LogP contribution in [-0.4, -0.2) is 48.8 Å². The summed E-state index contributed by atoms with van der Waals surface area (Å²) >= 11 is 13.8. The first-order valence-corrected chi connectivity index (χ1v) is 14.9. The second-order valence-corrected chi connectivity index (χ2v) is 12.0. The number of para-hydroxylation sites is 2. The summed E-state index contributed by atoms with van der Waals surface area (Å²) in [5.41, 5.74) is 3.92. The molecule has 2 amide bonds. The van der Waals surface area contributed by atoms with Crippen LogP contribution in [0.25, 0.3) is 17.1 Å². The van der Waals surface area contributed by atoms with E-state index in [0.717, 1.165) is 11.1 Å². The Bertz CT molecular complexity index is 1650. The van der Waals surface area contributed by atoms with E-state index in [9.17, 15) is 14.4 Å². The van der Waals surface area contributed by atoms with Crippen LogP contribution in [0.3, 0.4) is 0 Å². The Labute approximate surface area is 250 Å². The highest BCUT2D eigenvalue weighted by Crippen LogP contribution is 2.33. The van der Waals surface area contributed by atoms with E-state index < -0.39 is 0 Å². The maximum Gasteiger partial charge on any atom is 0.266 e. The van der Waals surface area contributed by atoms with E-state index in [0.29, 0.717) is 36.1 Å². The average molecular weight is 607 g/mol. The Morgan fingerprint density at radius 2 is 1.80 bits per heavy atom. The maximum atomic E-state index is 13.5. The van der Waals surface area contributed by atoms with Crippen molar-refractivity contribution < 1.29 is 14.4 Å². The van der Waals surface area contributed by atoms with Gasteiger partial charge in [-0.3, -0.25) is 23.9 Å². The molecule has 3 aromatic carbocycles. The number of nitrogens with one attached hydrogen (secondary N) is 1. The molecule has 0 spiro atoms. The molecule has 1 saturated heterocycles. The van der Waals surface area contributed by atoms with Gasteiger partial charge in [-0.25, -0.2) is 4.98 Å². The van der Waals surface area contributed by atoms with E-state index in [4.69, 9.17) is 23.8 Å². The zero-order valence-corrected chi connectivity index (χ0v) is 24.5. The van der Waals surface area contributed by atoms with Gasteiger partial charge in [0.1, 0.15) is 4.32 Å². The summed E-state index contributed by atoms with van der Waals surface area (Å²) in [4.78, 5) is 45.7. The van der Waals surface area contributed by atoms with Crippen molar-refractivity contribution in [3.8, 4) is 0 Å². The number of rotatable bonds is 8. The summed E-state index contributed by atoms with van der Waals surface area (Å²) in [6, 6.07) is 22.0. The van der Waals surface area contributed by atoms with E-state index in [-0.39, 0.29) is 36.4 Å². The number of amides is 2. The van der Waals surface area contributed by atoms with Crippen molar-refractivity contribution >= 4 is 92.2 Å². The highest BCUT2D eigenvalue weighted by Gasteiger charge is 2.32. The monoisotopic (exact) mass is 606 g/mol. The van der Waals surface area contributed by atoms with E-state index in [2.05, 4.69) is 10.3 Å². The summed E-state index contributed by atoms with van der Waals surface area (Å²) < 4.78 is 1.91. The van der Waals surface area contributed by atoms with Crippen LogP contribution in [0.5, 0.6) is 0 Å². The van der Waals surface area contributed by atoms with E-state index in [1.807, 2.05) is 67.6 Å². The molecule has 0 aliphatic carbocycles. The Kier molecular flexibility index (Phi) is 8.70. The van der Waals surface area contributed by atoms with E-state index in [1.54, 1.807) is 18.2 Å². The topological polar surface area (TPSA) is 84.3 Å².